The van der Waals surface area contributed by atoms with Crippen LogP contribution in [0, 0.1) is 5.92 Å². The van der Waals surface area contributed by atoms with E-state index in [9.17, 15) is 9.59 Å². The molecule has 0 aliphatic rings. The number of rotatable bonds is 7. The molecule has 0 rings (SSSR count). The predicted molar refractivity (Wildman–Crippen MR) is 68.3 cm³/mol. The first-order valence-electron chi connectivity index (χ1n) is 6.16. The van der Waals surface area contributed by atoms with Crippen molar-refractivity contribution in [2.24, 2.45) is 5.92 Å². The number of hydrogen-bond acceptors (Lipinski definition) is 3. The largest absolute Gasteiger partial charge is 0.480 e. The number of carboxylic acids is 1. The van der Waals surface area contributed by atoms with E-state index in [1.165, 1.54) is 4.90 Å². The third kappa shape index (κ3) is 5.86. The number of carbonyl (C=O) groups is 2. The number of hydrogen-bond donors (Lipinski definition) is 3. The van der Waals surface area contributed by atoms with Gasteiger partial charge in [-0.05, 0) is 19.3 Å². The number of aliphatic hydroxyl groups is 1. The molecule has 0 aromatic carbocycles. The van der Waals surface area contributed by atoms with Crippen LogP contribution in [-0.4, -0.2) is 52.9 Å². The van der Waals surface area contributed by atoms with Crippen LogP contribution in [-0.2, 0) is 4.79 Å². The molecule has 2 unspecified atom stereocenters. The molecule has 0 saturated carbocycles. The van der Waals surface area contributed by atoms with Gasteiger partial charge in [-0.3, -0.25) is 0 Å². The molecule has 6 heteroatoms. The number of nitrogens with zero attached hydrogens (tertiary/aromatic N) is 1. The van der Waals surface area contributed by atoms with E-state index >= 15 is 0 Å². The van der Waals surface area contributed by atoms with Crippen molar-refractivity contribution in [2.75, 3.05) is 13.7 Å². The fraction of sp³-hybridized carbons (Fsp3) is 0.833. The Bertz CT molecular complexity index is 281. The van der Waals surface area contributed by atoms with E-state index in [1.54, 1.807) is 7.05 Å². The average Bonchev–Trinajstić information content (AvgIpc) is 2.26. The van der Waals surface area contributed by atoms with E-state index < -0.39 is 18.0 Å². The topological polar surface area (TPSA) is 89.9 Å². The van der Waals surface area contributed by atoms with Crippen LogP contribution in [0.1, 0.15) is 33.6 Å². The maximum absolute atomic E-state index is 11.8. The van der Waals surface area contributed by atoms with E-state index in [4.69, 9.17) is 10.2 Å². The molecule has 0 bridgehead atoms. The smallest absolute Gasteiger partial charge is 0.326 e. The Hall–Kier alpha value is -1.30. The van der Waals surface area contributed by atoms with Crippen LogP contribution in [0.25, 0.3) is 0 Å². The van der Waals surface area contributed by atoms with Gasteiger partial charge in [0.25, 0.3) is 0 Å². The molecule has 106 valence electrons. The number of amides is 2. The molecule has 0 aliphatic heterocycles. The van der Waals surface area contributed by atoms with Crippen LogP contribution < -0.4 is 5.32 Å². The van der Waals surface area contributed by atoms with Gasteiger partial charge in [-0.25, -0.2) is 9.59 Å². The lowest BCUT2D eigenvalue weighted by atomic mass is 10.0. The molecule has 0 radical (unpaired) electrons. The van der Waals surface area contributed by atoms with E-state index in [2.05, 4.69) is 19.2 Å². The van der Waals surface area contributed by atoms with Crippen molar-refractivity contribution in [2.45, 2.75) is 45.7 Å². The third-order valence-electron chi connectivity index (χ3n) is 2.81. The molecule has 0 heterocycles. The van der Waals surface area contributed by atoms with Crippen molar-refractivity contribution >= 4 is 12.0 Å². The third-order valence-corrected chi connectivity index (χ3v) is 2.81. The maximum Gasteiger partial charge on any atom is 0.326 e. The summed E-state index contributed by atoms with van der Waals surface area (Å²) in [6, 6.07) is -1.44. The Balaban J connectivity index is 4.40. The van der Waals surface area contributed by atoms with Gasteiger partial charge in [-0.2, -0.15) is 0 Å². The minimum absolute atomic E-state index is 0.00742. The predicted octanol–water partition coefficient (Wildman–Crippen LogP) is 0.898. The number of nitrogens with one attached hydrogen (secondary N) is 1. The van der Waals surface area contributed by atoms with E-state index in [-0.39, 0.29) is 19.1 Å². The van der Waals surface area contributed by atoms with Gasteiger partial charge in [0.2, 0.25) is 0 Å². The molecule has 6 nitrogen and oxygen atoms in total. The van der Waals surface area contributed by atoms with Crippen LogP contribution in [0.3, 0.4) is 0 Å². The highest BCUT2D eigenvalue weighted by atomic mass is 16.4. The lowest BCUT2D eigenvalue weighted by Gasteiger charge is -2.27. The first kappa shape index (κ1) is 16.7. The van der Waals surface area contributed by atoms with Gasteiger partial charge in [0.1, 0.15) is 6.04 Å². The van der Waals surface area contributed by atoms with Gasteiger partial charge >= 0.3 is 12.0 Å². The zero-order valence-electron chi connectivity index (χ0n) is 11.5. The highest BCUT2D eigenvalue weighted by Gasteiger charge is 2.23. The van der Waals surface area contributed by atoms with Crippen LogP contribution >= 0.6 is 0 Å². The van der Waals surface area contributed by atoms with Gasteiger partial charge in [0, 0.05) is 26.1 Å². The molecule has 2 amide bonds. The molecule has 0 aromatic heterocycles. The van der Waals surface area contributed by atoms with Crippen LogP contribution in [0.4, 0.5) is 4.79 Å². The van der Waals surface area contributed by atoms with Gasteiger partial charge in [-0.1, -0.05) is 13.8 Å². The van der Waals surface area contributed by atoms with E-state index in [0.717, 1.165) is 6.42 Å². The van der Waals surface area contributed by atoms with Crippen molar-refractivity contribution in [3.8, 4) is 0 Å². The van der Waals surface area contributed by atoms with Crippen LogP contribution in [0.15, 0.2) is 0 Å². The van der Waals surface area contributed by atoms with E-state index in [1.807, 2.05) is 6.92 Å². The van der Waals surface area contributed by atoms with Gasteiger partial charge in [0.15, 0.2) is 0 Å². The number of carbonyl (C=O) groups excluding carboxylic acids is 1. The Morgan fingerprint density at radius 2 is 1.83 bits per heavy atom. The first-order valence-corrected chi connectivity index (χ1v) is 6.16. The highest BCUT2D eigenvalue weighted by molar-refractivity contribution is 5.82. The molecule has 2 atom stereocenters. The molecule has 18 heavy (non-hydrogen) atoms. The zero-order valence-corrected chi connectivity index (χ0v) is 11.5. The molecule has 0 aromatic rings. The monoisotopic (exact) mass is 260 g/mol. The lowest BCUT2D eigenvalue weighted by molar-refractivity contribution is -0.139. The molecule has 0 aliphatic carbocycles. The normalized spacial score (nSPS) is 14.1. The number of carboxylic acid groups (broad SMARTS) is 1. The molecule has 0 saturated heterocycles. The van der Waals surface area contributed by atoms with Crippen molar-refractivity contribution in [3.05, 3.63) is 0 Å². The summed E-state index contributed by atoms with van der Waals surface area (Å²) < 4.78 is 0. The first-order chi connectivity index (χ1) is 8.29. The summed E-state index contributed by atoms with van der Waals surface area (Å²) in [5.41, 5.74) is 0. The van der Waals surface area contributed by atoms with Crippen molar-refractivity contribution in [1.82, 2.24) is 10.2 Å². The Kier molecular flexibility index (Phi) is 7.35. The van der Waals surface area contributed by atoms with Crippen molar-refractivity contribution < 1.29 is 19.8 Å². The Morgan fingerprint density at radius 3 is 2.22 bits per heavy atom. The molecule has 3 N–H and O–H groups in total. The second kappa shape index (κ2) is 7.92. The number of urea groups is 1. The molecule has 0 spiro atoms. The van der Waals surface area contributed by atoms with Crippen molar-refractivity contribution in [1.29, 1.82) is 0 Å². The second-order valence-corrected chi connectivity index (χ2v) is 4.94. The fourth-order valence-corrected chi connectivity index (χ4v) is 1.68. The quantitative estimate of drug-likeness (QED) is 0.634. The van der Waals surface area contributed by atoms with Crippen LogP contribution in [0.2, 0.25) is 0 Å². The molecule has 0 fully saturated rings. The lowest BCUT2D eigenvalue weighted by Crippen LogP contribution is -2.49. The van der Waals surface area contributed by atoms with Gasteiger partial charge in [-0.15, -0.1) is 0 Å². The molecular weight excluding hydrogens is 236 g/mol. The van der Waals surface area contributed by atoms with E-state index in [0.29, 0.717) is 5.92 Å². The fourth-order valence-electron chi connectivity index (χ4n) is 1.68. The highest BCUT2D eigenvalue weighted by Crippen LogP contribution is 2.09. The standard InChI is InChI=1S/C12H24N2O4/c1-8(2)7-9(3)14(4)12(18)13-10(5-6-15)11(16)17/h8-10,15H,5-7H2,1-4H3,(H,13,18)(H,16,17). The van der Waals surface area contributed by atoms with Gasteiger partial charge < -0.3 is 20.4 Å². The summed E-state index contributed by atoms with van der Waals surface area (Å²) in [4.78, 5) is 24.2. The minimum atomic E-state index is -1.14. The Labute approximate surface area is 108 Å². The Morgan fingerprint density at radius 1 is 1.28 bits per heavy atom. The summed E-state index contributed by atoms with van der Waals surface area (Å²) in [5, 5.41) is 20.0. The summed E-state index contributed by atoms with van der Waals surface area (Å²) in [6.07, 6.45) is 0.856. The minimum Gasteiger partial charge on any atom is -0.480 e. The average molecular weight is 260 g/mol. The number of aliphatic carboxylic acids is 1. The molecular formula is C12H24N2O4. The summed E-state index contributed by atoms with van der Waals surface area (Å²) in [5.74, 6) is -0.676. The van der Waals surface area contributed by atoms with Gasteiger partial charge in [0.05, 0.1) is 0 Å². The summed E-state index contributed by atoms with van der Waals surface area (Å²) in [7, 11) is 1.64. The zero-order chi connectivity index (χ0) is 14.3. The second-order valence-electron chi connectivity index (χ2n) is 4.94. The van der Waals surface area contributed by atoms with Crippen LogP contribution in [0.5, 0.6) is 0 Å². The summed E-state index contributed by atoms with van der Waals surface area (Å²) in [6.45, 7) is 5.77. The SMILES string of the molecule is CC(C)CC(C)N(C)C(=O)NC(CCO)C(=O)O. The van der Waals surface area contributed by atoms with Crippen molar-refractivity contribution in [3.63, 3.8) is 0 Å². The number of aliphatic hydroxyl groups excluding tert-OH is 1. The summed E-state index contributed by atoms with van der Waals surface area (Å²) >= 11 is 0. The maximum atomic E-state index is 11.8.